The Labute approximate surface area is 308 Å². The summed E-state index contributed by atoms with van der Waals surface area (Å²) in [6, 6.07) is 9.73. The van der Waals surface area contributed by atoms with Crippen LogP contribution >= 0.6 is 11.6 Å². The number of alkyl halides is 8. The van der Waals surface area contributed by atoms with Gasteiger partial charge in [-0.3, -0.25) is 0 Å². The molecule has 1 aromatic heterocycles. The van der Waals surface area contributed by atoms with Gasteiger partial charge < -0.3 is 26.1 Å². The Morgan fingerprint density at radius 3 is 2.44 bits per heavy atom. The lowest BCUT2D eigenvalue weighted by Crippen LogP contribution is -2.45. The maximum atomic E-state index is 14.5. The number of guanidine groups is 1. The van der Waals surface area contributed by atoms with E-state index in [1.165, 1.54) is 23.1 Å². The van der Waals surface area contributed by atoms with Crippen molar-refractivity contribution in [2.24, 2.45) is 21.1 Å². The zero-order valence-electron chi connectivity index (χ0n) is 28.7. The molecule has 0 radical (unpaired) electrons. The number of hydrogen-bond donors (Lipinski definition) is 3. The Hall–Kier alpha value is -4.72. The molecule has 0 bridgehead atoms. The third-order valence-corrected chi connectivity index (χ3v) is 9.76. The van der Waals surface area contributed by atoms with Gasteiger partial charge in [-0.15, -0.1) is 5.01 Å². The number of carbonyl (C=O) groups excluding carboxylic acids is 1. The first-order valence-corrected chi connectivity index (χ1v) is 17.0. The quantitative estimate of drug-likeness (QED) is 0.134. The van der Waals surface area contributed by atoms with E-state index in [4.69, 9.17) is 22.1 Å². The van der Waals surface area contributed by atoms with Crippen LogP contribution in [-0.2, 0) is 10.3 Å². The van der Waals surface area contributed by atoms with Crippen molar-refractivity contribution in [2.45, 2.75) is 75.8 Å². The van der Waals surface area contributed by atoms with E-state index in [9.17, 15) is 39.9 Å². The van der Waals surface area contributed by atoms with Gasteiger partial charge in [0.15, 0.2) is 12.1 Å². The first kappa shape index (κ1) is 39.0. The molecule has 3 aliphatic rings. The summed E-state index contributed by atoms with van der Waals surface area (Å²) in [6.07, 6.45) is -8.27. The van der Waals surface area contributed by atoms with Crippen LogP contribution in [0, 0.1) is 5.41 Å². The van der Waals surface area contributed by atoms with Gasteiger partial charge in [0.25, 0.3) is 0 Å². The van der Waals surface area contributed by atoms with E-state index >= 15 is 0 Å². The van der Waals surface area contributed by atoms with Gasteiger partial charge in [0.05, 0.1) is 36.6 Å². The molecule has 3 heterocycles. The fraction of sp³-hybridized carbons (Fsp3) is 0.485. The van der Waals surface area contributed by atoms with Crippen molar-refractivity contribution in [1.29, 1.82) is 0 Å². The average Bonchev–Trinajstić information content (AvgIpc) is 3.46. The highest BCUT2D eigenvalue weighted by molar-refractivity contribution is 6.31. The molecular formula is C33H35ClF8N10O2. The van der Waals surface area contributed by atoms with Crippen LogP contribution in [0.1, 0.15) is 68.0 Å². The predicted molar refractivity (Wildman–Crippen MR) is 180 cm³/mol. The van der Waals surface area contributed by atoms with Crippen LogP contribution in [0.5, 0.6) is 0 Å². The topological polar surface area (TPSA) is 138 Å². The summed E-state index contributed by atoms with van der Waals surface area (Å²) in [5.41, 5.74) is 6.64. The summed E-state index contributed by atoms with van der Waals surface area (Å²) in [7, 11) is 0. The summed E-state index contributed by atoms with van der Waals surface area (Å²) in [4.78, 5) is 24.0. The normalized spacial score (nSPS) is 21.4. The van der Waals surface area contributed by atoms with Gasteiger partial charge in [0.2, 0.25) is 0 Å². The van der Waals surface area contributed by atoms with Gasteiger partial charge in [-0.2, -0.15) is 50.1 Å². The molecule has 2 aliphatic heterocycles. The summed E-state index contributed by atoms with van der Waals surface area (Å²) in [6.45, 7) is -3.69. The molecule has 21 heteroatoms. The van der Waals surface area contributed by atoms with Crippen LogP contribution in [0.2, 0.25) is 5.02 Å². The SMILES string of the molecule is CC(C)(C[C@@]1(c2ccc(-c3cnn(C4CC4)n3)cc2)CN([C@H](COC(=O)NCC(F)(F)F)c2ccc(Cl)c(C3N=CNN3C(F)F)c2)C(N)=N1)C(F)(F)F. The van der Waals surface area contributed by atoms with E-state index in [1.807, 2.05) is 0 Å². The smallest absolute Gasteiger partial charge is 0.407 e. The van der Waals surface area contributed by atoms with Crippen LogP contribution in [0.4, 0.5) is 39.9 Å². The van der Waals surface area contributed by atoms with Gasteiger partial charge in [0, 0.05) is 16.1 Å². The van der Waals surface area contributed by atoms with E-state index < -0.39 is 67.7 Å². The van der Waals surface area contributed by atoms with E-state index in [0.717, 1.165) is 33.0 Å². The molecule has 3 aromatic rings. The van der Waals surface area contributed by atoms with Crippen molar-refractivity contribution in [2.75, 3.05) is 19.7 Å². The zero-order valence-corrected chi connectivity index (χ0v) is 29.4. The first-order valence-electron chi connectivity index (χ1n) is 16.6. The second-order valence-corrected chi connectivity index (χ2v) is 14.3. The monoisotopic (exact) mass is 790 g/mol. The van der Waals surface area contributed by atoms with Crippen molar-refractivity contribution >= 4 is 30.0 Å². The van der Waals surface area contributed by atoms with Gasteiger partial charge in [-0.25, -0.2) is 14.8 Å². The lowest BCUT2D eigenvalue weighted by atomic mass is 9.74. The lowest BCUT2D eigenvalue weighted by Gasteiger charge is -2.38. The van der Waals surface area contributed by atoms with Crippen LogP contribution in [0.25, 0.3) is 11.3 Å². The standard InChI is InChI=1S/C33H35ClF8N10O2/c1-30(2,33(40,41)42)14-31(20-6-3-18(4-7-20)24-12-46-52(49-24)21-8-9-21)16-50(28(43)48-31)25(13-54-29(53)44-15-32(37,38)39)19-5-10-23(34)22(11-19)26-45-17-47-51(26)27(35)36/h3-7,10-12,17,21,25-27H,8-9,13-16H2,1-2H3,(H2,43,48)(H,44,53)(H,45,47)/t25-,26?,31+/m1/s1. The molecule has 54 heavy (non-hydrogen) atoms. The molecule has 0 spiro atoms. The largest absolute Gasteiger partial charge is 0.447 e. The number of nitrogens with two attached hydrogens (primary N) is 1. The number of nitrogens with zero attached hydrogens (tertiary/aromatic N) is 7. The molecule has 2 aromatic carbocycles. The fourth-order valence-electron chi connectivity index (χ4n) is 6.39. The number of carbonyl (C=O) groups is 1. The summed E-state index contributed by atoms with van der Waals surface area (Å²) in [5.74, 6) is -0.278. The number of ether oxygens (including phenoxy) is 1. The Bertz CT molecular complexity index is 1900. The minimum Gasteiger partial charge on any atom is -0.447 e. The maximum absolute atomic E-state index is 14.5. The maximum Gasteiger partial charge on any atom is 0.407 e. The number of aliphatic imine (C=N–C) groups is 2. The summed E-state index contributed by atoms with van der Waals surface area (Å²) < 4.78 is 115. The third kappa shape index (κ3) is 8.33. The highest BCUT2D eigenvalue weighted by atomic mass is 35.5. The lowest BCUT2D eigenvalue weighted by molar-refractivity contribution is -0.218. The van der Waals surface area contributed by atoms with Gasteiger partial charge in [-0.05, 0) is 42.5 Å². The second-order valence-electron chi connectivity index (χ2n) is 13.9. The predicted octanol–water partition coefficient (Wildman–Crippen LogP) is 6.84. The molecule has 1 unspecified atom stereocenters. The Kier molecular flexibility index (Phi) is 10.5. The third-order valence-electron chi connectivity index (χ3n) is 9.42. The Balaban J connectivity index is 1.37. The summed E-state index contributed by atoms with van der Waals surface area (Å²) >= 11 is 6.41. The van der Waals surface area contributed by atoms with Crippen molar-refractivity contribution in [3.8, 4) is 11.3 Å². The average molecular weight is 791 g/mol. The molecule has 1 fully saturated rings. The molecule has 12 nitrogen and oxygen atoms in total. The molecular weight excluding hydrogens is 756 g/mol. The van der Waals surface area contributed by atoms with Crippen LogP contribution in [-0.4, -0.2) is 81.9 Å². The van der Waals surface area contributed by atoms with E-state index in [0.29, 0.717) is 21.8 Å². The minimum absolute atomic E-state index is 0.0134. The van der Waals surface area contributed by atoms with Gasteiger partial charge >= 0.3 is 25.0 Å². The fourth-order valence-corrected chi connectivity index (χ4v) is 6.61. The van der Waals surface area contributed by atoms with Gasteiger partial charge in [0.1, 0.15) is 24.4 Å². The molecule has 1 aliphatic carbocycles. The highest BCUT2D eigenvalue weighted by Crippen LogP contribution is 2.50. The molecule has 292 valence electrons. The van der Waals surface area contributed by atoms with Crippen LogP contribution in [0.15, 0.2) is 58.6 Å². The molecule has 3 atom stereocenters. The van der Waals surface area contributed by atoms with E-state index in [1.54, 1.807) is 40.6 Å². The number of rotatable bonds is 12. The summed E-state index contributed by atoms with van der Waals surface area (Å²) in [5, 5.41) is 10.9. The van der Waals surface area contributed by atoms with E-state index in [2.05, 4.69) is 25.6 Å². The number of benzene rings is 2. The Morgan fingerprint density at radius 2 is 1.81 bits per heavy atom. The van der Waals surface area contributed by atoms with Crippen LogP contribution in [0.3, 0.4) is 0 Å². The number of amides is 1. The van der Waals surface area contributed by atoms with Crippen molar-refractivity contribution in [3.05, 3.63) is 70.4 Å². The second kappa shape index (κ2) is 14.5. The first-order chi connectivity index (χ1) is 25.3. The van der Waals surface area contributed by atoms with Crippen molar-refractivity contribution in [1.82, 2.24) is 35.6 Å². The molecule has 4 N–H and O–H groups in total. The number of hydrazine groups is 1. The molecule has 0 saturated heterocycles. The molecule has 6 rings (SSSR count). The number of halogens is 9. The number of aromatic nitrogens is 3. The van der Waals surface area contributed by atoms with Crippen molar-refractivity contribution < 1.29 is 44.7 Å². The zero-order chi connectivity index (χ0) is 39.2. The van der Waals surface area contributed by atoms with Gasteiger partial charge in [-0.1, -0.05) is 55.8 Å². The Morgan fingerprint density at radius 1 is 1.11 bits per heavy atom. The van der Waals surface area contributed by atoms with Crippen molar-refractivity contribution in [3.63, 3.8) is 0 Å². The number of hydrogen-bond acceptors (Lipinski definition) is 10. The minimum atomic E-state index is -4.75. The molecule has 1 amide bonds. The number of nitrogens with one attached hydrogen (secondary N) is 2. The highest BCUT2D eigenvalue weighted by Gasteiger charge is 2.55. The molecule has 1 saturated carbocycles. The van der Waals surface area contributed by atoms with E-state index in [-0.39, 0.29) is 34.7 Å². The number of alkyl carbamates (subject to hydrolysis) is 1. The van der Waals surface area contributed by atoms with Crippen LogP contribution < -0.4 is 16.5 Å².